The van der Waals surface area contributed by atoms with E-state index in [-0.39, 0.29) is 12.3 Å². The number of hydrogen-bond donors (Lipinski definition) is 2. The van der Waals surface area contributed by atoms with E-state index in [1.165, 1.54) is 0 Å². The number of carbonyl (C=O) groups excluding carboxylic acids is 2. The van der Waals surface area contributed by atoms with Crippen LogP contribution in [-0.2, 0) is 9.59 Å². The first-order valence-electron chi connectivity index (χ1n) is 7.88. The molecule has 0 saturated carbocycles. The second kappa shape index (κ2) is 9.32. The third kappa shape index (κ3) is 5.14. The molecule has 2 N–H and O–H groups in total. The fourth-order valence-corrected chi connectivity index (χ4v) is 2.54. The third-order valence-corrected chi connectivity index (χ3v) is 3.84. The average molecular weight is 365 g/mol. The molecule has 130 valence electrons. The minimum Gasteiger partial charge on any atom is -0.325 e. The van der Waals surface area contributed by atoms with E-state index >= 15 is 0 Å². The van der Waals surface area contributed by atoms with Gasteiger partial charge in [0.15, 0.2) is 0 Å². The molecule has 26 heavy (non-hydrogen) atoms. The van der Waals surface area contributed by atoms with Gasteiger partial charge in [-0.3, -0.25) is 9.59 Å². The van der Waals surface area contributed by atoms with E-state index in [1.807, 2.05) is 0 Å². The van der Waals surface area contributed by atoms with Crippen molar-refractivity contribution in [3.05, 3.63) is 59.7 Å². The fourth-order valence-electron chi connectivity index (χ4n) is 2.32. The Morgan fingerprint density at radius 2 is 1.38 bits per heavy atom. The van der Waals surface area contributed by atoms with Crippen molar-refractivity contribution in [3.63, 3.8) is 0 Å². The Bertz CT molecular complexity index is 822. The normalized spacial score (nSPS) is 9.85. The van der Waals surface area contributed by atoms with Gasteiger partial charge in [0.05, 0.1) is 0 Å². The van der Waals surface area contributed by atoms with E-state index in [0.29, 0.717) is 22.5 Å². The van der Waals surface area contributed by atoms with Crippen LogP contribution in [0.3, 0.4) is 0 Å². The van der Waals surface area contributed by atoms with E-state index in [1.54, 1.807) is 48.5 Å². The maximum Gasteiger partial charge on any atom is 0.237 e. The lowest BCUT2D eigenvalue weighted by molar-refractivity contribution is -0.129. The lowest BCUT2D eigenvalue weighted by Crippen LogP contribution is -2.34. The van der Waals surface area contributed by atoms with Gasteiger partial charge in [0, 0.05) is 28.4 Å². The minimum absolute atomic E-state index is 0.167. The Labute approximate surface area is 157 Å². The van der Waals surface area contributed by atoms with Crippen molar-refractivity contribution in [2.24, 2.45) is 5.92 Å². The van der Waals surface area contributed by atoms with Gasteiger partial charge in [-0.05, 0) is 42.8 Å². The summed E-state index contributed by atoms with van der Waals surface area (Å²) in [5.74, 6) is 3.30. The summed E-state index contributed by atoms with van der Waals surface area (Å²) in [6.07, 6.45) is 10.9. The summed E-state index contributed by atoms with van der Waals surface area (Å²) in [5, 5.41) is 5.41. The van der Waals surface area contributed by atoms with Gasteiger partial charge in [-0.2, -0.15) is 0 Å². The number of amides is 2. The van der Waals surface area contributed by atoms with Gasteiger partial charge in [-0.1, -0.05) is 24.0 Å². The number of rotatable bonds is 6. The van der Waals surface area contributed by atoms with E-state index in [4.69, 9.17) is 24.4 Å². The Hall–Kier alpha value is -3.21. The van der Waals surface area contributed by atoms with Crippen molar-refractivity contribution in [1.82, 2.24) is 0 Å². The number of anilines is 2. The number of nitrogens with one attached hydrogen (secondary N) is 2. The molecule has 5 heteroatoms. The lowest BCUT2D eigenvalue weighted by Gasteiger charge is -2.16. The molecule has 0 spiro atoms. The molecule has 0 saturated heterocycles. The number of hydrogen-bond acceptors (Lipinski definition) is 2. The second-order valence-electron chi connectivity index (χ2n) is 5.46. The molecule has 2 rings (SSSR count). The van der Waals surface area contributed by atoms with Gasteiger partial charge in [0.2, 0.25) is 11.8 Å². The highest BCUT2D eigenvalue weighted by atomic mass is 35.5. The van der Waals surface area contributed by atoms with Gasteiger partial charge in [-0.15, -0.1) is 24.4 Å². The molecular formula is C21H17ClN2O2. The molecule has 0 heterocycles. The highest BCUT2D eigenvalue weighted by Gasteiger charge is 2.26. The molecule has 0 aliphatic rings. The van der Waals surface area contributed by atoms with E-state index in [0.717, 1.165) is 0 Å². The van der Waals surface area contributed by atoms with Crippen molar-refractivity contribution < 1.29 is 9.59 Å². The Balaban J connectivity index is 2.13. The van der Waals surface area contributed by atoms with Gasteiger partial charge in [0.25, 0.3) is 0 Å². The monoisotopic (exact) mass is 364 g/mol. The molecule has 0 aliphatic carbocycles. The molecule has 2 aromatic rings. The predicted molar refractivity (Wildman–Crippen MR) is 105 cm³/mol. The van der Waals surface area contributed by atoms with Crippen LogP contribution in [0.15, 0.2) is 48.5 Å². The zero-order valence-electron chi connectivity index (χ0n) is 14.0. The number of terminal acetylenes is 2. The van der Waals surface area contributed by atoms with E-state index < -0.39 is 17.7 Å². The standard InChI is InChI=1S/C21H17ClN2O2/c1-3-15-7-5-9-17(13-15)23-20(25)19(11-12-22)21(26)24-18-10-6-8-16(4-2)14-18/h1-2,5-10,13-14,19H,11-12H2,(H,23,25)(H,24,26). The van der Waals surface area contributed by atoms with Gasteiger partial charge < -0.3 is 10.6 Å². The first-order chi connectivity index (χ1) is 12.6. The predicted octanol–water partition coefficient (Wildman–Crippen LogP) is 3.47. The Morgan fingerprint density at radius 1 is 0.923 bits per heavy atom. The third-order valence-electron chi connectivity index (χ3n) is 3.62. The average Bonchev–Trinajstić information content (AvgIpc) is 2.66. The van der Waals surface area contributed by atoms with Gasteiger partial charge >= 0.3 is 0 Å². The largest absolute Gasteiger partial charge is 0.325 e. The molecule has 2 aromatic carbocycles. The van der Waals surface area contributed by atoms with E-state index in [9.17, 15) is 9.59 Å². The molecule has 0 aliphatic heterocycles. The number of carbonyl (C=O) groups is 2. The summed E-state index contributed by atoms with van der Waals surface area (Å²) >= 11 is 5.77. The van der Waals surface area contributed by atoms with Crippen molar-refractivity contribution in [1.29, 1.82) is 0 Å². The van der Waals surface area contributed by atoms with Crippen molar-refractivity contribution in [2.45, 2.75) is 6.42 Å². The van der Waals surface area contributed by atoms with Crippen LogP contribution in [0, 0.1) is 30.6 Å². The summed E-state index contributed by atoms with van der Waals surface area (Å²) in [5.41, 5.74) is 2.30. The number of alkyl halides is 1. The smallest absolute Gasteiger partial charge is 0.237 e. The fraction of sp³-hybridized carbons (Fsp3) is 0.143. The van der Waals surface area contributed by atoms with Crippen LogP contribution in [0.4, 0.5) is 11.4 Å². The molecule has 2 amide bonds. The first-order valence-corrected chi connectivity index (χ1v) is 8.42. The van der Waals surface area contributed by atoms with Gasteiger partial charge in [-0.25, -0.2) is 0 Å². The highest BCUT2D eigenvalue weighted by Crippen LogP contribution is 2.16. The van der Waals surface area contributed by atoms with Crippen LogP contribution < -0.4 is 10.6 Å². The molecular weight excluding hydrogens is 348 g/mol. The topological polar surface area (TPSA) is 58.2 Å². The zero-order chi connectivity index (χ0) is 18.9. The van der Waals surface area contributed by atoms with Crippen LogP contribution in [0.25, 0.3) is 0 Å². The zero-order valence-corrected chi connectivity index (χ0v) is 14.7. The first kappa shape index (κ1) is 19.1. The molecule has 0 aromatic heterocycles. The van der Waals surface area contributed by atoms with Crippen LogP contribution in [0.1, 0.15) is 17.5 Å². The maximum absolute atomic E-state index is 12.5. The lowest BCUT2D eigenvalue weighted by atomic mass is 10.0. The molecule has 0 atom stereocenters. The summed E-state index contributed by atoms with van der Waals surface area (Å²) in [4.78, 5) is 25.1. The Morgan fingerprint density at radius 3 is 1.77 bits per heavy atom. The van der Waals surface area contributed by atoms with Crippen molar-refractivity contribution >= 4 is 34.8 Å². The Kier molecular flexibility index (Phi) is 6.85. The molecule has 0 radical (unpaired) electrons. The SMILES string of the molecule is C#Cc1cccc(NC(=O)C(CCCl)C(=O)Nc2cccc(C#C)c2)c1. The van der Waals surface area contributed by atoms with Crippen molar-refractivity contribution in [3.8, 4) is 24.7 Å². The minimum atomic E-state index is -0.948. The van der Waals surface area contributed by atoms with Crippen LogP contribution >= 0.6 is 11.6 Å². The molecule has 0 bridgehead atoms. The molecule has 0 fully saturated rings. The second-order valence-corrected chi connectivity index (χ2v) is 5.84. The van der Waals surface area contributed by atoms with Crippen LogP contribution in [-0.4, -0.2) is 17.7 Å². The summed E-state index contributed by atoms with van der Waals surface area (Å²) < 4.78 is 0. The molecule has 4 nitrogen and oxygen atoms in total. The summed E-state index contributed by atoms with van der Waals surface area (Å²) in [6, 6.07) is 13.7. The quantitative estimate of drug-likeness (QED) is 0.468. The van der Waals surface area contributed by atoms with Crippen LogP contribution in [0.5, 0.6) is 0 Å². The van der Waals surface area contributed by atoms with Crippen LogP contribution in [0.2, 0.25) is 0 Å². The van der Waals surface area contributed by atoms with Gasteiger partial charge in [0.1, 0.15) is 5.92 Å². The summed E-state index contributed by atoms with van der Waals surface area (Å²) in [7, 11) is 0. The summed E-state index contributed by atoms with van der Waals surface area (Å²) in [6.45, 7) is 0. The number of benzene rings is 2. The van der Waals surface area contributed by atoms with Crippen molar-refractivity contribution in [2.75, 3.05) is 16.5 Å². The number of halogens is 1. The highest BCUT2D eigenvalue weighted by molar-refractivity contribution is 6.19. The van der Waals surface area contributed by atoms with E-state index in [2.05, 4.69) is 22.5 Å². The maximum atomic E-state index is 12.5. The molecule has 0 unspecified atom stereocenters.